The third kappa shape index (κ3) is 8.70. The second kappa shape index (κ2) is 20.1. The van der Waals surface area contributed by atoms with Crippen LogP contribution in [0.3, 0.4) is 0 Å². The Kier molecular flexibility index (Phi) is 12.0. The Bertz CT molecular complexity index is 4490. The van der Waals surface area contributed by atoms with E-state index in [0.29, 0.717) is 5.82 Å². The van der Waals surface area contributed by atoms with E-state index in [2.05, 4.69) is 266 Å². The molecule has 14 rings (SSSR count). The number of fused-ring (bicyclic) bond motifs is 6. The smallest absolute Gasteiger partial charge is 0.160 e. The molecule has 13 aromatic rings. The zero-order valence-electron chi connectivity index (χ0n) is 43.9. The number of amidine groups is 1. The molecular formula is C73H53N5O. The molecule has 3 aromatic heterocycles. The first kappa shape index (κ1) is 47.3. The number of furan rings is 1. The topological polar surface area (TPSA) is 68.2 Å². The molecule has 0 fully saturated rings. The van der Waals surface area contributed by atoms with E-state index in [4.69, 9.17) is 19.4 Å². The van der Waals surface area contributed by atoms with Crippen LogP contribution < -0.4 is 5.32 Å². The maximum Gasteiger partial charge on any atom is 0.160 e. The van der Waals surface area contributed by atoms with Crippen LogP contribution in [0.15, 0.2) is 270 Å². The van der Waals surface area contributed by atoms with Gasteiger partial charge in [-0.05, 0) is 125 Å². The van der Waals surface area contributed by atoms with E-state index in [0.717, 1.165) is 152 Å². The average Bonchev–Trinajstić information content (AvgIpc) is 4.18. The minimum Gasteiger partial charge on any atom is -0.456 e. The molecule has 10 aromatic carbocycles. The van der Waals surface area contributed by atoms with Crippen molar-refractivity contribution in [3.05, 3.63) is 283 Å². The van der Waals surface area contributed by atoms with E-state index in [1.54, 1.807) is 0 Å². The van der Waals surface area contributed by atoms with Crippen LogP contribution in [0.5, 0.6) is 0 Å². The van der Waals surface area contributed by atoms with Crippen LogP contribution in [-0.2, 0) is 6.42 Å². The number of hydrogen-bond acceptors (Lipinski definition) is 5. The highest BCUT2D eigenvalue weighted by atomic mass is 16.3. The van der Waals surface area contributed by atoms with Crippen molar-refractivity contribution in [2.45, 2.75) is 26.7 Å². The Morgan fingerprint density at radius 2 is 0.987 bits per heavy atom. The van der Waals surface area contributed by atoms with Gasteiger partial charge in [-0.15, -0.1) is 0 Å². The lowest BCUT2D eigenvalue weighted by atomic mass is 9.94. The summed E-state index contributed by atoms with van der Waals surface area (Å²) in [6.07, 6.45) is 3.79. The number of aromatic nitrogens is 3. The Hall–Kier alpha value is -10.2. The quantitative estimate of drug-likeness (QED) is 0.148. The first-order valence-corrected chi connectivity index (χ1v) is 27.1. The van der Waals surface area contributed by atoms with Crippen molar-refractivity contribution in [2.75, 3.05) is 0 Å². The molecule has 79 heavy (non-hydrogen) atoms. The second-order valence-corrected chi connectivity index (χ2v) is 20.3. The fourth-order valence-corrected chi connectivity index (χ4v) is 11.5. The summed E-state index contributed by atoms with van der Waals surface area (Å²) in [5.41, 5.74) is 22.0. The molecule has 1 N–H and O–H groups in total. The largest absolute Gasteiger partial charge is 0.456 e. The van der Waals surface area contributed by atoms with Gasteiger partial charge in [0.1, 0.15) is 17.0 Å². The first-order chi connectivity index (χ1) is 39.0. The molecule has 0 unspecified atom stereocenters. The predicted molar refractivity (Wildman–Crippen MR) is 328 cm³/mol. The molecule has 0 radical (unpaired) electrons. The molecule has 1 aliphatic heterocycles. The molecule has 0 saturated carbocycles. The minimum absolute atomic E-state index is 0.695. The molecular weight excluding hydrogens is 963 g/mol. The van der Waals surface area contributed by atoms with Crippen LogP contribution in [0.2, 0.25) is 0 Å². The van der Waals surface area contributed by atoms with Gasteiger partial charge in [-0.3, -0.25) is 0 Å². The highest BCUT2D eigenvalue weighted by Gasteiger charge is 2.22. The average molecular weight is 1020 g/mol. The highest BCUT2D eigenvalue weighted by Crippen LogP contribution is 2.42. The fourth-order valence-electron chi connectivity index (χ4n) is 11.5. The Morgan fingerprint density at radius 3 is 1.63 bits per heavy atom. The van der Waals surface area contributed by atoms with E-state index in [9.17, 15) is 0 Å². The van der Waals surface area contributed by atoms with E-state index in [1.165, 1.54) is 5.57 Å². The van der Waals surface area contributed by atoms with Crippen molar-refractivity contribution in [1.82, 2.24) is 19.9 Å². The number of hydrogen-bond donors (Lipinski definition) is 1. The SMILES string of the molecule is CCc1c(-c2ccccc2)nc(-c2ccc3c(c2)c2cc(-c4ccc5oc6cccc(-c7cccc(C8=C(C)C/C=C(\c9ccccc9)N=C(c9ccccc9)N8)c7)c6c5c4)ccc2n3-c2ccccc2)nc1-c1ccccc1. The summed E-state index contributed by atoms with van der Waals surface area (Å²) in [6, 6.07) is 87.9. The Morgan fingerprint density at radius 1 is 0.456 bits per heavy atom. The minimum atomic E-state index is 0.695. The van der Waals surface area contributed by atoms with Crippen LogP contribution in [0, 0.1) is 0 Å². The van der Waals surface area contributed by atoms with Gasteiger partial charge in [-0.1, -0.05) is 195 Å². The summed E-state index contributed by atoms with van der Waals surface area (Å²) in [4.78, 5) is 16.1. The lowest BCUT2D eigenvalue weighted by Gasteiger charge is -2.21. The van der Waals surface area contributed by atoms with Crippen LogP contribution in [-0.4, -0.2) is 20.4 Å². The summed E-state index contributed by atoms with van der Waals surface area (Å²) in [6.45, 7) is 4.41. The zero-order valence-corrected chi connectivity index (χ0v) is 43.9. The van der Waals surface area contributed by atoms with Crippen molar-refractivity contribution in [3.8, 4) is 61.8 Å². The standard InChI is InChI=1S/C73H53N5O/c1-3-58-70(49-23-11-5-12-24-49)76-73(77-71(58)50-25-13-6-14-26-50)56-37-41-65-61(46-56)60-44-52(36-40-64(60)78(65)57-31-17-8-18-32-57)53-38-42-66-62(45-53)68-59(33-20-34-67(68)79-66)54-29-19-30-55(43-54)69-47(2)35-39-63(48-21-9-4-10-22-48)74-72(75-69)51-27-15-7-16-28-51/h4-34,36-46H,3,35H2,1-2H3,(H,74,75)/b63-39+,69-47?. The third-order valence-electron chi connectivity index (χ3n) is 15.4. The Balaban J connectivity index is 0.886. The van der Waals surface area contributed by atoms with Crippen LogP contribution in [0.1, 0.15) is 42.5 Å². The number of nitrogens with one attached hydrogen (secondary N) is 1. The van der Waals surface area contributed by atoms with Crippen LogP contribution >= 0.6 is 0 Å². The molecule has 6 nitrogen and oxygen atoms in total. The lowest BCUT2D eigenvalue weighted by Crippen LogP contribution is -2.25. The molecule has 0 amide bonds. The molecule has 0 saturated heterocycles. The number of aliphatic imine (C=N–C) groups is 1. The van der Waals surface area contributed by atoms with Crippen molar-refractivity contribution < 1.29 is 4.42 Å². The number of nitrogens with zero attached hydrogens (tertiary/aromatic N) is 4. The van der Waals surface area contributed by atoms with Crippen molar-refractivity contribution in [1.29, 1.82) is 0 Å². The van der Waals surface area contributed by atoms with Gasteiger partial charge in [-0.25, -0.2) is 15.0 Å². The monoisotopic (exact) mass is 1020 g/mol. The fraction of sp³-hybridized carbons (Fsp3) is 0.0548. The van der Waals surface area contributed by atoms with Crippen molar-refractivity contribution in [3.63, 3.8) is 0 Å². The Labute approximate surface area is 459 Å². The van der Waals surface area contributed by atoms with Gasteiger partial charge in [0.25, 0.3) is 0 Å². The van der Waals surface area contributed by atoms with Gasteiger partial charge in [0.2, 0.25) is 0 Å². The summed E-state index contributed by atoms with van der Waals surface area (Å²) >= 11 is 0. The van der Waals surface area contributed by atoms with Gasteiger partial charge in [0.05, 0.1) is 28.1 Å². The van der Waals surface area contributed by atoms with E-state index in [1.807, 2.05) is 12.1 Å². The maximum atomic E-state index is 6.67. The second-order valence-electron chi connectivity index (χ2n) is 20.3. The number of allylic oxidation sites excluding steroid dienone is 2. The summed E-state index contributed by atoms with van der Waals surface area (Å²) in [7, 11) is 0. The number of rotatable bonds is 10. The van der Waals surface area contributed by atoms with Gasteiger partial charge >= 0.3 is 0 Å². The maximum absolute atomic E-state index is 6.67. The lowest BCUT2D eigenvalue weighted by molar-refractivity contribution is 0.669. The molecule has 0 bridgehead atoms. The predicted octanol–water partition coefficient (Wildman–Crippen LogP) is 18.6. The highest BCUT2D eigenvalue weighted by molar-refractivity contribution is 6.15. The first-order valence-electron chi connectivity index (χ1n) is 27.1. The molecule has 6 heteroatoms. The van der Waals surface area contributed by atoms with Crippen molar-refractivity contribution in [2.24, 2.45) is 4.99 Å². The molecule has 1 aliphatic rings. The van der Waals surface area contributed by atoms with Gasteiger partial charge in [0.15, 0.2) is 5.82 Å². The van der Waals surface area contributed by atoms with E-state index < -0.39 is 0 Å². The van der Waals surface area contributed by atoms with Crippen molar-refractivity contribution >= 4 is 61.0 Å². The van der Waals surface area contributed by atoms with Gasteiger partial charge in [0, 0.05) is 60.7 Å². The molecule has 0 aliphatic carbocycles. The van der Waals surface area contributed by atoms with Gasteiger partial charge < -0.3 is 14.3 Å². The van der Waals surface area contributed by atoms with Crippen LogP contribution in [0.4, 0.5) is 0 Å². The van der Waals surface area contributed by atoms with E-state index in [-0.39, 0.29) is 0 Å². The molecule has 0 atom stereocenters. The molecule has 376 valence electrons. The molecule has 0 spiro atoms. The molecule has 4 heterocycles. The zero-order chi connectivity index (χ0) is 52.8. The van der Waals surface area contributed by atoms with E-state index >= 15 is 0 Å². The summed E-state index contributed by atoms with van der Waals surface area (Å²) in [5, 5.41) is 8.25. The third-order valence-corrected chi connectivity index (χ3v) is 15.4. The number of benzene rings is 10. The summed E-state index contributed by atoms with van der Waals surface area (Å²) < 4.78 is 9.04. The normalized spacial score (nSPS) is 13.5. The number of para-hydroxylation sites is 1. The van der Waals surface area contributed by atoms with Crippen LogP contribution in [0.25, 0.3) is 117 Å². The summed E-state index contributed by atoms with van der Waals surface area (Å²) in [5.74, 6) is 1.50. The van der Waals surface area contributed by atoms with Gasteiger partial charge in [-0.2, -0.15) is 0 Å².